The van der Waals surface area contributed by atoms with Crippen molar-refractivity contribution in [3.05, 3.63) is 0 Å². The van der Waals surface area contributed by atoms with Crippen molar-refractivity contribution in [3.63, 3.8) is 0 Å². The van der Waals surface area contributed by atoms with Crippen LogP contribution in [0.15, 0.2) is 0 Å². The van der Waals surface area contributed by atoms with Crippen LogP contribution in [-0.4, -0.2) is 37.1 Å². The molecule has 0 heterocycles. The highest BCUT2D eigenvalue weighted by Crippen LogP contribution is 2.47. The van der Waals surface area contributed by atoms with E-state index in [1.54, 1.807) is 0 Å². The van der Waals surface area contributed by atoms with Gasteiger partial charge in [0.15, 0.2) is 0 Å². The van der Waals surface area contributed by atoms with Crippen molar-refractivity contribution in [2.24, 2.45) is 5.41 Å². The van der Waals surface area contributed by atoms with Crippen LogP contribution in [0.5, 0.6) is 0 Å². The summed E-state index contributed by atoms with van der Waals surface area (Å²) in [5.41, 5.74) is 0.613. The van der Waals surface area contributed by atoms with Crippen molar-refractivity contribution in [3.8, 4) is 0 Å². The van der Waals surface area contributed by atoms with Crippen LogP contribution in [0.3, 0.4) is 0 Å². The van der Waals surface area contributed by atoms with Crippen LogP contribution in [-0.2, 0) is 0 Å². The lowest BCUT2D eigenvalue weighted by atomic mass is 10.0. The molecule has 1 fully saturated rings. The molecule has 1 unspecified atom stereocenters. The van der Waals surface area contributed by atoms with Crippen molar-refractivity contribution >= 4 is 0 Å². The molecular weight excluding hydrogens is 184 g/mol. The van der Waals surface area contributed by atoms with Gasteiger partial charge < -0.3 is 10.2 Å². The van der Waals surface area contributed by atoms with E-state index in [1.165, 1.54) is 38.9 Å². The Morgan fingerprint density at radius 1 is 1.27 bits per heavy atom. The number of hydrogen-bond donors (Lipinski definition) is 1. The van der Waals surface area contributed by atoms with Gasteiger partial charge in [-0.15, -0.1) is 0 Å². The first-order valence-corrected chi connectivity index (χ1v) is 6.58. The summed E-state index contributed by atoms with van der Waals surface area (Å²) in [6.07, 6.45) is 4.09. The molecule has 0 aromatic carbocycles. The standard InChI is InChI=1S/C13H28N2/c1-5-10-15(6-2)11-9-14-12(3)13(4)7-8-13/h12,14H,5-11H2,1-4H3. The first-order chi connectivity index (χ1) is 7.12. The Hall–Kier alpha value is -0.0800. The van der Waals surface area contributed by atoms with Gasteiger partial charge in [0.2, 0.25) is 0 Å². The number of hydrogen-bond acceptors (Lipinski definition) is 2. The summed E-state index contributed by atoms with van der Waals surface area (Å²) in [4.78, 5) is 2.52. The van der Waals surface area contributed by atoms with Crippen LogP contribution in [0.2, 0.25) is 0 Å². The number of nitrogens with one attached hydrogen (secondary N) is 1. The smallest absolute Gasteiger partial charge is 0.0107 e. The Kier molecular flexibility index (Phi) is 5.07. The number of likely N-dealkylation sites (N-methyl/N-ethyl adjacent to an activating group) is 1. The molecule has 90 valence electrons. The van der Waals surface area contributed by atoms with Crippen LogP contribution in [0.25, 0.3) is 0 Å². The minimum atomic E-state index is 0.613. The van der Waals surface area contributed by atoms with Gasteiger partial charge in [-0.05, 0) is 44.7 Å². The third-order valence-electron chi connectivity index (χ3n) is 3.95. The van der Waals surface area contributed by atoms with Gasteiger partial charge in [-0.2, -0.15) is 0 Å². The molecule has 0 bridgehead atoms. The molecule has 15 heavy (non-hydrogen) atoms. The van der Waals surface area contributed by atoms with Gasteiger partial charge in [-0.3, -0.25) is 0 Å². The number of nitrogens with zero attached hydrogens (tertiary/aromatic N) is 1. The Morgan fingerprint density at radius 2 is 1.93 bits per heavy atom. The Morgan fingerprint density at radius 3 is 2.40 bits per heavy atom. The molecular formula is C13H28N2. The summed E-state index contributed by atoms with van der Waals surface area (Å²) in [5.74, 6) is 0. The van der Waals surface area contributed by atoms with Gasteiger partial charge in [-0.1, -0.05) is 20.8 Å². The SMILES string of the molecule is CCCN(CC)CCNC(C)C1(C)CC1. The lowest BCUT2D eigenvalue weighted by Crippen LogP contribution is -2.39. The van der Waals surface area contributed by atoms with Crippen LogP contribution < -0.4 is 5.32 Å². The Bertz CT molecular complexity index is 175. The molecule has 1 aliphatic rings. The summed E-state index contributed by atoms with van der Waals surface area (Å²) >= 11 is 0. The molecule has 0 saturated heterocycles. The second-order valence-corrected chi connectivity index (χ2v) is 5.26. The van der Waals surface area contributed by atoms with E-state index < -0.39 is 0 Å². The van der Waals surface area contributed by atoms with Gasteiger partial charge in [0.1, 0.15) is 0 Å². The highest BCUT2D eigenvalue weighted by molar-refractivity contribution is 4.96. The van der Waals surface area contributed by atoms with Crippen molar-refractivity contribution in [2.45, 2.75) is 53.0 Å². The largest absolute Gasteiger partial charge is 0.312 e. The molecule has 0 spiro atoms. The molecule has 0 aromatic rings. The van der Waals surface area contributed by atoms with E-state index in [2.05, 4.69) is 37.9 Å². The average molecular weight is 212 g/mol. The third-order valence-corrected chi connectivity index (χ3v) is 3.95. The van der Waals surface area contributed by atoms with Crippen molar-refractivity contribution < 1.29 is 0 Å². The van der Waals surface area contributed by atoms with E-state index in [0.29, 0.717) is 11.5 Å². The van der Waals surface area contributed by atoms with E-state index in [1.807, 2.05) is 0 Å². The zero-order valence-electron chi connectivity index (χ0n) is 11.0. The monoisotopic (exact) mass is 212 g/mol. The fraction of sp³-hybridized carbons (Fsp3) is 1.00. The predicted molar refractivity (Wildman–Crippen MR) is 67.2 cm³/mol. The van der Waals surface area contributed by atoms with Gasteiger partial charge >= 0.3 is 0 Å². The van der Waals surface area contributed by atoms with Crippen molar-refractivity contribution in [1.29, 1.82) is 0 Å². The lowest BCUT2D eigenvalue weighted by Gasteiger charge is -2.24. The highest BCUT2D eigenvalue weighted by Gasteiger charge is 2.41. The maximum atomic E-state index is 3.67. The molecule has 1 saturated carbocycles. The summed E-state index contributed by atoms with van der Waals surface area (Å²) < 4.78 is 0. The Labute approximate surface area is 95.4 Å². The maximum Gasteiger partial charge on any atom is 0.0107 e. The van der Waals surface area contributed by atoms with E-state index in [9.17, 15) is 0 Å². The van der Waals surface area contributed by atoms with E-state index in [0.717, 1.165) is 6.54 Å². The molecule has 0 amide bonds. The molecule has 1 aliphatic carbocycles. The molecule has 0 aromatic heterocycles. The first kappa shape index (κ1) is 13.0. The molecule has 2 nitrogen and oxygen atoms in total. The predicted octanol–water partition coefficient (Wildman–Crippen LogP) is 2.50. The van der Waals surface area contributed by atoms with Crippen LogP contribution in [0, 0.1) is 5.41 Å². The summed E-state index contributed by atoms with van der Waals surface area (Å²) in [6.45, 7) is 14.0. The highest BCUT2D eigenvalue weighted by atomic mass is 15.1. The fourth-order valence-corrected chi connectivity index (χ4v) is 2.06. The maximum absolute atomic E-state index is 3.67. The van der Waals surface area contributed by atoms with Gasteiger partial charge in [0, 0.05) is 19.1 Å². The summed E-state index contributed by atoms with van der Waals surface area (Å²) in [6, 6.07) is 0.692. The normalized spacial score (nSPS) is 20.6. The quantitative estimate of drug-likeness (QED) is 0.665. The minimum Gasteiger partial charge on any atom is -0.312 e. The lowest BCUT2D eigenvalue weighted by molar-refractivity contribution is 0.273. The fourth-order valence-electron chi connectivity index (χ4n) is 2.06. The molecule has 2 heteroatoms. The van der Waals surface area contributed by atoms with Crippen molar-refractivity contribution in [2.75, 3.05) is 26.2 Å². The molecule has 1 atom stereocenters. The van der Waals surface area contributed by atoms with Crippen LogP contribution in [0.4, 0.5) is 0 Å². The van der Waals surface area contributed by atoms with Crippen LogP contribution in [0.1, 0.15) is 47.0 Å². The van der Waals surface area contributed by atoms with Gasteiger partial charge in [0.05, 0.1) is 0 Å². The zero-order chi connectivity index (χ0) is 11.3. The van der Waals surface area contributed by atoms with E-state index in [-0.39, 0.29) is 0 Å². The summed E-state index contributed by atoms with van der Waals surface area (Å²) in [5, 5.41) is 3.67. The minimum absolute atomic E-state index is 0.613. The molecule has 1 N–H and O–H groups in total. The third kappa shape index (κ3) is 4.12. The van der Waals surface area contributed by atoms with Crippen molar-refractivity contribution in [1.82, 2.24) is 10.2 Å². The molecule has 0 radical (unpaired) electrons. The number of rotatable bonds is 8. The average Bonchev–Trinajstić information content (AvgIpc) is 2.96. The summed E-state index contributed by atoms with van der Waals surface area (Å²) in [7, 11) is 0. The van der Waals surface area contributed by atoms with Crippen LogP contribution >= 0.6 is 0 Å². The van der Waals surface area contributed by atoms with Gasteiger partial charge in [0.25, 0.3) is 0 Å². The van der Waals surface area contributed by atoms with E-state index in [4.69, 9.17) is 0 Å². The second kappa shape index (κ2) is 5.86. The second-order valence-electron chi connectivity index (χ2n) is 5.26. The zero-order valence-corrected chi connectivity index (χ0v) is 11.0. The topological polar surface area (TPSA) is 15.3 Å². The molecule has 1 rings (SSSR count). The first-order valence-electron chi connectivity index (χ1n) is 6.58. The molecule has 0 aliphatic heterocycles. The van der Waals surface area contributed by atoms with E-state index >= 15 is 0 Å². The van der Waals surface area contributed by atoms with Gasteiger partial charge in [-0.25, -0.2) is 0 Å². The Balaban J connectivity index is 2.09.